The van der Waals surface area contributed by atoms with Gasteiger partial charge in [-0.3, -0.25) is 0 Å². The van der Waals surface area contributed by atoms with E-state index < -0.39 is 70.4 Å². The summed E-state index contributed by atoms with van der Waals surface area (Å²) in [6.07, 6.45) is -8.82. The van der Waals surface area contributed by atoms with Gasteiger partial charge in [0.05, 0.1) is 16.8 Å². The maximum absolute atomic E-state index is 14.6. The number of benzene rings is 2. The Morgan fingerprint density at radius 1 is 1.03 bits per heavy atom. The summed E-state index contributed by atoms with van der Waals surface area (Å²) in [6, 6.07) is 7.92. The molecule has 3 aromatic rings. The lowest BCUT2D eigenvalue weighted by atomic mass is 10.2. The van der Waals surface area contributed by atoms with E-state index in [4.69, 9.17) is 21.1 Å². The Bertz CT molecular complexity index is 1280. The number of ether oxygens (including phenoxy) is 3. The molecule has 37 heavy (non-hydrogen) atoms. The van der Waals surface area contributed by atoms with Gasteiger partial charge in [0.2, 0.25) is 5.88 Å². The third-order valence-electron chi connectivity index (χ3n) is 4.55. The number of esters is 1. The van der Waals surface area contributed by atoms with Crippen LogP contribution in [-0.4, -0.2) is 29.9 Å². The lowest BCUT2D eigenvalue weighted by Gasteiger charge is -2.18. The molecule has 0 atom stereocenters. The predicted molar refractivity (Wildman–Crippen MR) is 113 cm³/mol. The molecule has 0 saturated heterocycles. The average Bonchev–Trinajstić information content (AvgIpc) is 2.81. The summed E-state index contributed by atoms with van der Waals surface area (Å²) >= 11 is 5.99. The van der Waals surface area contributed by atoms with Gasteiger partial charge in [-0.2, -0.15) is 22.0 Å². The first kappa shape index (κ1) is 28.0. The SMILES string of the molecule is Cc1ccc(OC(=O)c2cc(Cl)c(Oc3cnc(OCC(F)(F)C(F)F)c(C(F)(F)F)c3)cc2F)cc1. The Labute approximate surface area is 208 Å². The van der Waals surface area contributed by atoms with E-state index in [1.165, 1.54) is 12.1 Å². The quantitative estimate of drug-likeness (QED) is 0.164. The number of hydrogen-bond acceptors (Lipinski definition) is 5. The van der Waals surface area contributed by atoms with Gasteiger partial charge in [-0.25, -0.2) is 22.9 Å². The van der Waals surface area contributed by atoms with Crippen molar-refractivity contribution in [2.24, 2.45) is 0 Å². The molecule has 0 aliphatic carbocycles. The average molecular weight is 556 g/mol. The highest BCUT2D eigenvalue weighted by atomic mass is 35.5. The molecule has 0 radical (unpaired) electrons. The monoisotopic (exact) mass is 555 g/mol. The number of halogens is 9. The molecule has 0 aliphatic heterocycles. The second-order valence-corrected chi connectivity index (χ2v) is 7.85. The van der Waals surface area contributed by atoms with Gasteiger partial charge in [-0.05, 0) is 25.1 Å². The largest absolute Gasteiger partial charge is 0.471 e. The summed E-state index contributed by atoms with van der Waals surface area (Å²) in [5.74, 6) is -9.53. The highest BCUT2D eigenvalue weighted by Crippen LogP contribution is 2.40. The van der Waals surface area contributed by atoms with Gasteiger partial charge < -0.3 is 14.2 Å². The van der Waals surface area contributed by atoms with Crippen molar-refractivity contribution in [3.8, 4) is 23.1 Å². The third-order valence-corrected chi connectivity index (χ3v) is 4.85. The Morgan fingerprint density at radius 2 is 1.68 bits per heavy atom. The van der Waals surface area contributed by atoms with E-state index in [2.05, 4.69) is 9.72 Å². The zero-order valence-electron chi connectivity index (χ0n) is 18.4. The zero-order valence-corrected chi connectivity index (χ0v) is 19.1. The van der Waals surface area contributed by atoms with Crippen LogP contribution in [0.5, 0.6) is 23.1 Å². The molecule has 0 saturated carbocycles. The van der Waals surface area contributed by atoms with E-state index in [1.54, 1.807) is 19.1 Å². The second-order valence-electron chi connectivity index (χ2n) is 7.44. The van der Waals surface area contributed by atoms with E-state index in [0.29, 0.717) is 12.3 Å². The van der Waals surface area contributed by atoms with Crippen LogP contribution >= 0.6 is 11.6 Å². The van der Waals surface area contributed by atoms with Gasteiger partial charge in [0.15, 0.2) is 6.61 Å². The number of carbonyl (C=O) groups excluding carboxylic acids is 1. The number of aromatic nitrogens is 1. The summed E-state index contributed by atoms with van der Waals surface area (Å²) in [4.78, 5) is 15.5. The summed E-state index contributed by atoms with van der Waals surface area (Å²) in [5, 5.41) is -0.400. The first-order chi connectivity index (χ1) is 17.2. The molecule has 198 valence electrons. The first-order valence-electron chi connectivity index (χ1n) is 9.99. The second kappa shape index (κ2) is 10.8. The lowest BCUT2D eigenvalue weighted by molar-refractivity contribution is -0.154. The number of hydrogen-bond donors (Lipinski definition) is 0. The molecule has 1 heterocycles. The molecule has 0 N–H and O–H groups in total. The Hall–Kier alpha value is -3.61. The fourth-order valence-electron chi connectivity index (χ4n) is 2.69. The van der Waals surface area contributed by atoms with Gasteiger partial charge in [0.25, 0.3) is 0 Å². The first-order valence-corrected chi connectivity index (χ1v) is 10.4. The maximum atomic E-state index is 14.6. The number of nitrogens with zero attached hydrogens (tertiary/aromatic N) is 1. The van der Waals surface area contributed by atoms with E-state index in [0.717, 1.165) is 11.6 Å². The predicted octanol–water partition coefficient (Wildman–Crippen LogP) is 7.49. The number of aryl methyl sites for hydroxylation is 1. The van der Waals surface area contributed by atoms with Crippen LogP contribution in [-0.2, 0) is 6.18 Å². The molecular weight excluding hydrogens is 542 g/mol. The molecule has 0 aliphatic rings. The van der Waals surface area contributed by atoms with E-state index in [1.807, 2.05) is 0 Å². The van der Waals surface area contributed by atoms with Crippen molar-refractivity contribution >= 4 is 17.6 Å². The molecule has 0 bridgehead atoms. The van der Waals surface area contributed by atoms with Crippen molar-refractivity contribution in [2.45, 2.75) is 25.4 Å². The van der Waals surface area contributed by atoms with Crippen molar-refractivity contribution in [2.75, 3.05) is 6.61 Å². The molecular formula is C23H14ClF8NO4. The van der Waals surface area contributed by atoms with Crippen molar-refractivity contribution in [3.05, 3.63) is 76.2 Å². The minimum atomic E-state index is -5.22. The Kier molecular flexibility index (Phi) is 8.16. The minimum absolute atomic E-state index is 0.117. The molecule has 0 amide bonds. The molecule has 1 aromatic heterocycles. The highest BCUT2D eigenvalue weighted by molar-refractivity contribution is 6.32. The van der Waals surface area contributed by atoms with Crippen molar-refractivity contribution in [1.29, 1.82) is 0 Å². The topological polar surface area (TPSA) is 57.7 Å². The van der Waals surface area contributed by atoms with Crippen LogP contribution in [0.1, 0.15) is 21.5 Å². The zero-order chi connectivity index (χ0) is 27.5. The third kappa shape index (κ3) is 7.00. The van der Waals surface area contributed by atoms with Crippen LogP contribution in [0.25, 0.3) is 0 Å². The number of carbonyl (C=O) groups is 1. The number of alkyl halides is 7. The van der Waals surface area contributed by atoms with Crippen LogP contribution in [0.3, 0.4) is 0 Å². The number of rotatable bonds is 8. The molecule has 5 nitrogen and oxygen atoms in total. The summed E-state index contributed by atoms with van der Waals surface area (Å²) in [6.45, 7) is -0.276. The van der Waals surface area contributed by atoms with Crippen molar-refractivity contribution < 1.29 is 54.1 Å². The van der Waals surface area contributed by atoms with Gasteiger partial charge in [-0.1, -0.05) is 29.3 Å². The fraction of sp³-hybridized carbons (Fsp3) is 0.217. The summed E-state index contributed by atoms with van der Waals surface area (Å²) in [7, 11) is 0. The normalized spacial score (nSPS) is 12.0. The number of pyridine rings is 1. The standard InChI is InChI=1S/C23H14ClF8NO4/c1-11-2-4-12(5-3-11)37-20(34)14-7-16(24)18(8-17(14)25)36-13-6-15(23(30,31)32)19(33-9-13)35-10-22(28,29)21(26)27/h2-9,21H,10H2,1H3. The highest BCUT2D eigenvalue weighted by Gasteiger charge is 2.43. The van der Waals surface area contributed by atoms with Crippen LogP contribution in [0.2, 0.25) is 5.02 Å². The Morgan fingerprint density at radius 3 is 2.27 bits per heavy atom. The molecule has 0 fully saturated rings. The van der Waals surface area contributed by atoms with Crippen molar-refractivity contribution in [3.63, 3.8) is 0 Å². The van der Waals surface area contributed by atoms with Gasteiger partial charge in [0, 0.05) is 12.1 Å². The summed E-state index contributed by atoms with van der Waals surface area (Å²) in [5.41, 5.74) is -1.45. The fourth-order valence-corrected chi connectivity index (χ4v) is 2.90. The Balaban J connectivity index is 1.83. The van der Waals surface area contributed by atoms with Crippen LogP contribution in [0.4, 0.5) is 35.1 Å². The van der Waals surface area contributed by atoms with Crippen LogP contribution < -0.4 is 14.2 Å². The van der Waals surface area contributed by atoms with Crippen molar-refractivity contribution in [1.82, 2.24) is 4.98 Å². The smallest absolute Gasteiger partial charge is 0.421 e. The molecule has 0 spiro atoms. The lowest BCUT2D eigenvalue weighted by Crippen LogP contribution is -2.34. The molecule has 2 aromatic carbocycles. The molecule has 3 rings (SSSR count). The van der Waals surface area contributed by atoms with E-state index >= 15 is 0 Å². The van der Waals surface area contributed by atoms with Gasteiger partial charge >= 0.3 is 24.5 Å². The van der Waals surface area contributed by atoms with Gasteiger partial charge in [-0.15, -0.1) is 0 Å². The maximum Gasteiger partial charge on any atom is 0.421 e. The summed E-state index contributed by atoms with van der Waals surface area (Å²) < 4.78 is 120. The van der Waals surface area contributed by atoms with Crippen LogP contribution in [0.15, 0.2) is 48.7 Å². The molecule has 14 heteroatoms. The van der Waals surface area contributed by atoms with E-state index in [-0.39, 0.29) is 11.8 Å². The van der Waals surface area contributed by atoms with Crippen LogP contribution in [0, 0.1) is 12.7 Å². The van der Waals surface area contributed by atoms with E-state index in [9.17, 15) is 39.9 Å². The molecule has 0 unspecified atom stereocenters. The van der Waals surface area contributed by atoms with Gasteiger partial charge in [0.1, 0.15) is 28.6 Å². The minimum Gasteiger partial charge on any atom is -0.471 e.